The molecule has 5 rings (SSSR count). The van der Waals surface area contributed by atoms with E-state index in [-0.39, 0.29) is 6.03 Å². The molecule has 1 fully saturated rings. The number of carbonyl (C=O) groups is 1. The molecule has 2 aromatic heterocycles. The number of aryl methyl sites for hydroxylation is 1. The van der Waals surface area contributed by atoms with Crippen LogP contribution in [-0.2, 0) is 7.05 Å². The standard InChI is InChI=1S/C23H21ClN6O/c1-30-22-20(21(25)29-30)18(12-19(28-22)14-5-6-14)13-7-9-16(10-8-13)26-23(31)27-17-4-2-3-15(24)11-17/h2-4,7-12,14H,5-6H2,1H3,(H2,25,29)(H2,26,27,31). The number of aromatic nitrogens is 3. The molecular weight excluding hydrogens is 412 g/mol. The van der Waals surface area contributed by atoms with E-state index in [1.54, 1.807) is 28.9 Å². The van der Waals surface area contributed by atoms with Crippen LogP contribution in [0.15, 0.2) is 54.6 Å². The SMILES string of the molecule is Cn1nc(N)c2c(-c3ccc(NC(=O)Nc4cccc(Cl)c4)cc3)cc(C3CC3)nc21. The third-order valence-corrected chi connectivity index (χ3v) is 5.61. The average Bonchev–Trinajstić information content (AvgIpc) is 3.54. The second-order valence-corrected chi connectivity index (χ2v) is 8.18. The summed E-state index contributed by atoms with van der Waals surface area (Å²) in [7, 11) is 1.86. The number of nitrogens with two attached hydrogens (primary N) is 1. The predicted molar refractivity (Wildman–Crippen MR) is 124 cm³/mol. The Morgan fingerprint density at radius 3 is 2.55 bits per heavy atom. The zero-order valence-corrected chi connectivity index (χ0v) is 17.6. The Morgan fingerprint density at radius 2 is 1.84 bits per heavy atom. The Hall–Kier alpha value is -3.58. The van der Waals surface area contributed by atoms with Crippen LogP contribution < -0.4 is 16.4 Å². The van der Waals surface area contributed by atoms with Crippen LogP contribution in [0.2, 0.25) is 5.02 Å². The maximum atomic E-state index is 12.3. The lowest BCUT2D eigenvalue weighted by molar-refractivity contribution is 0.262. The zero-order valence-electron chi connectivity index (χ0n) is 16.9. The number of pyridine rings is 1. The van der Waals surface area contributed by atoms with Crippen molar-refractivity contribution in [1.82, 2.24) is 14.8 Å². The Morgan fingerprint density at radius 1 is 1.10 bits per heavy atom. The van der Waals surface area contributed by atoms with Gasteiger partial charge in [-0.15, -0.1) is 0 Å². The summed E-state index contributed by atoms with van der Waals surface area (Å²) in [5.74, 6) is 0.973. The first-order chi connectivity index (χ1) is 15.0. The molecule has 31 heavy (non-hydrogen) atoms. The van der Waals surface area contributed by atoms with E-state index in [1.807, 2.05) is 31.3 Å². The van der Waals surface area contributed by atoms with Gasteiger partial charge >= 0.3 is 6.03 Å². The third-order valence-electron chi connectivity index (χ3n) is 5.37. The second kappa shape index (κ2) is 7.59. The van der Waals surface area contributed by atoms with Crippen LogP contribution in [0.5, 0.6) is 0 Å². The van der Waals surface area contributed by atoms with Gasteiger partial charge in [0.15, 0.2) is 11.5 Å². The molecule has 0 atom stereocenters. The molecule has 2 heterocycles. The van der Waals surface area contributed by atoms with Crippen LogP contribution in [-0.4, -0.2) is 20.8 Å². The van der Waals surface area contributed by atoms with E-state index in [0.29, 0.717) is 28.1 Å². The highest BCUT2D eigenvalue weighted by atomic mass is 35.5. The number of halogens is 1. The van der Waals surface area contributed by atoms with E-state index < -0.39 is 0 Å². The van der Waals surface area contributed by atoms with Gasteiger partial charge in [0.25, 0.3) is 0 Å². The molecule has 0 aliphatic heterocycles. The molecule has 1 aliphatic rings. The number of benzene rings is 2. The number of nitrogen functional groups attached to an aromatic ring is 1. The topological polar surface area (TPSA) is 97.9 Å². The van der Waals surface area contributed by atoms with Gasteiger partial charge in [-0.25, -0.2) is 14.5 Å². The number of anilines is 3. The minimum atomic E-state index is -0.339. The fraction of sp³-hybridized carbons (Fsp3) is 0.174. The number of rotatable bonds is 4. The van der Waals surface area contributed by atoms with Gasteiger partial charge in [0.1, 0.15) is 0 Å². The highest BCUT2D eigenvalue weighted by Gasteiger charge is 2.27. The van der Waals surface area contributed by atoms with E-state index in [1.165, 1.54) is 0 Å². The molecule has 1 saturated carbocycles. The number of amides is 2. The molecule has 2 aromatic carbocycles. The van der Waals surface area contributed by atoms with Crippen LogP contribution in [0.1, 0.15) is 24.5 Å². The van der Waals surface area contributed by atoms with Gasteiger partial charge in [-0.05, 0) is 60.4 Å². The first-order valence-electron chi connectivity index (χ1n) is 10.0. The molecule has 0 bridgehead atoms. The molecule has 0 unspecified atom stereocenters. The van der Waals surface area contributed by atoms with Gasteiger partial charge in [-0.1, -0.05) is 29.8 Å². The minimum absolute atomic E-state index is 0.339. The van der Waals surface area contributed by atoms with Gasteiger partial charge in [-0.3, -0.25) is 0 Å². The first-order valence-corrected chi connectivity index (χ1v) is 10.4. The van der Waals surface area contributed by atoms with Crippen molar-refractivity contribution in [2.75, 3.05) is 16.4 Å². The molecular formula is C23H21ClN6O. The number of hydrogen-bond donors (Lipinski definition) is 3. The van der Waals surface area contributed by atoms with Gasteiger partial charge in [-0.2, -0.15) is 5.10 Å². The summed E-state index contributed by atoms with van der Waals surface area (Å²) in [5, 5.41) is 11.4. The largest absolute Gasteiger partial charge is 0.382 e. The van der Waals surface area contributed by atoms with Gasteiger partial charge in [0.2, 0.25) is 0 Å². The number of urea groups is 1. The molecule has 2 amide bonds. The summed E-state index contributed by atoms with van der Waals surface area (Å²) in [6.45, 7) is 0. The lowest BCUT2D eigenvalue weighted by Crippen LogP contribution is -2.19. The van der Waals surface area contributed by atoms with Crippen molar-refractivity contribution in [3.05, 3.63) is 65.3 Å². The van der Waals surface area contributed by atoms with Gasteiger partial charge in [0.05, 0.1) is 5.39 Å². The van der Waals surface area contributed by atoms with Crippen molar-refractivity contribution in [3.8, 4) is 11.1 Å². The lowest BCUT2D eigenvalue weighted by Gasteiger charge is -2.10. The van der Waals surface area contributed by atoms with Crippen molar-refractivity contribution >= 4 is 45.9 Å². The average molecular weight is 433 g/mol. The van der Waals surface area contributed by atoms with E-state index in [2.05, 4.69) is 21.8 Å². The van der Waals surface area contributed by atoms with Crippen molar-refractivity contribution in [2.45, 2.75) is 18.8 Å². The predicted octanol–water partition coefficient (Wildman–Crippen LogP) is 5.39. The van der Waals surface area contributed by atoms with Crippen LogP contribution >= 0.6 is 11.6 Å². The highest BCUT2D eigenvalue weighted by molar-refractivity contribution is 6.30. The Labute approximate surface area is 184 Å². The smallest absolute Gasteiger partial charge is 0.323 e. The molecule has 1 aliphatic carbocycles. The van der Waals surface area contributed by atoms with Crippen molar-refractivity contribution in [2.24, 2.45) is 7.05 Å². The molecule has 0 saturated heterocycles. The van der Waals surface area contributed by atoms with Crippen molar-refractivity contribution < 1.29 is 4.79 Å². The summed E-state index contributed by atoms with van der Waals surface area (Å²) in [5.41, 5.74) is 11.4. The molecule has 4 aromatic rings. The summed E-state index contributed by atoms with van der Waals surface area (Å²) < 4.78 is 1.73. The maximum absolute atomic E-state index is 12.3. The van der Waals surface area contributed by atoms with E-state index in [4.69, 9.17) is 22.3 Å². The molecule has 8 heteroatoms. The number of hydrogen-bond acceptors (Lipinski definition) is 4. The Bertz CT molecular complexity index is 1290. The third kappa shape index (κ3) is 3.92. The summed E-state index contributed by atoms with van der Waals surface area (Å²) in [6.07, 6.45) is 2.33. The summed E-state index contributed by atoms with van der Waals surface area (Å²) in [6, 6.07) is 16.4. The number of nitrogens with zero attached hydrogens (tertiary/aromatic N) is 3. The van der Waals surface area contributed by atoms with E-state index in [0.717, 1.165) is 40.7 Å². The molecule has 156 valence electrons. The minimum Gasteiger partial charge on any atom is -0.382 e. The normalized spacial score (nSPS) is 13.4. The Balaban J connectivity index is 1.41. The quantitative estimate of drug-likeness (QED) is 0.402. The fourth-order valence-corrected chi connectivity index (χ4v) is 3.90. The van der Waals surface area contributed by atoms with Crippen molar-refractivity contribution in [1.29, 1.82) is 0 Å². The fourth-order valence-electron chi connectivity index (χ4n) is 3.71. The molecule has 4 N–H and O–H groups in total. The molecule has 7 nitrogen and oxygen atoms in total. The van der Waals surface area contributed by atoms with Crippen LogP contribution in [0.3, 0.4) is 0 Å². The number of fused-ring (bicyclic) bond motifs is 1. The highest BCUT2D eigenvalue weighted by Crippen LogP contribution is 2.42. The number of carbonyl (C=O) groups excluding carboxylic acids is 1. The molecule has 0 spiro atoms. The van der Waals surface area contributed by atoms with Gasteiger partial charge in [0, 0.05) is 35.1 Å². The summed E-state index contributed by atoms with van der Waals surface area (Å²) in [4.78, 5) is 17.1. The molecule has 0 radical (unpaired) electrons. The van der Waals surface area contributed by atoms with E-state index >= 15 is 0 Å². The van der Waals surface area contributed by atoms with Gasteiger partial charge < -0.3 is 16.4 Å². The van der Waals surface area contributed by atoms with E-state index in [9.17, 15) is 4.79 Å². The summed E-state index contributed by atoms with van der Waals surface area (Å²) >= 11 is 5.96. The maximum Gasteiger partial charge on any atom is 0.323 e. The number of nitrogens with one attached hydrogen (secondary N) is 2. The second-order valence-electron chi connectivity index (χ2n) is 7.74. The Kier molecular flexibility index (Phi) is 4.75. The first kappa shape index (κ1) is 19.4. The van der Waals surface area contributed by atoms with Crippen LogP contribution in [0.4, 0.5) is 22.0 Å². The monoisotopic (exact) mass is 432 g/mol. The van der Waals surface area contributed by atoms with Crippen LogP contribution in [0, 0.1) is 0 Å². The lowest BCUT2D eigenvalue weighted by atomic mass is 10.0. The zero-order chi connectivity index (χ0) is 21.5. The van der Waals surface area contributed by atoms with Crippen molar-refractivity contribution in [3.63, 3.8) is 0 Å². The van der Waals surface area contributed by atoms with Crippen LogP contribution in [0.25, 0.3) is 22.2 Å².